The van der Waals surface area contributed by atoms with E-state index in [9.17, 15) is 8.42 Å². The van der Waals surface area contributed by atoms with Crippen LogP contribution in [0.1, 0.15) is 48.3 Å². The molecule has 4 nitrogen and oxygen atoms in total. The molecule has 1 fully saturated rings. The maximum absolute atomic E-state index is 12.1. The van der Waals surface area contributed by atoms with Gasteiger partial charge in [0, 0.05) is 12.0 Å². The Morgan fingerprint density at radius 3 is 1.80 bits per heavy atom. The highest BCUT2D eigenvalue weighted by Gasteiger charge is 2.35. The van der Waals surface area contributed by atoms with Crippen LogP contribution in [0.3, 0.4) is 0 Å². The SMILES string of the molecule is CS(=O)(=O)NCC(CCCN1CCC(c2ccccc2)CC1)(c1ccccc1)c1ccccc1.Cl. The van der Waals surface area contributed by atoms with E-state index in [1.807, 2.05) is 36.4 Å². The van der Waals surface area contributed by atoms with Crippen molar-refractivity contribution in [1.29, 1.82) is 0 Å². The number of benzene rings is 3. The maximum Gasteiger partial charge on any atom is 0.208 e. The predicted octanol–water partition coefficient (Wildman–Crippen LogP) is 5.60. The van der Waals surface area contributed by atoms with Gasteiger partial charge in [0.1, 0.15) is 0 Å². The van der Waals surface area contributed by atoms with Crippen LogP contribution in [0, 0.1) is 0 Å². The molecular weight excluding hydrogens is 476 g/mol. The van der Waals surface area contributed by atoms with Crippen LogP contribution in [0.4, 0.5) is 0 Å². The Kier molecular flexibility index (Phi) is 9.93. The average Bonchev–Trinajstić information content (AvgIpc) is 2.88. The number of nitrogens with one attached hydrogen (secondary N) is 1. The zero-order chi connectivity index (χ0) is 23.9. The van der Waals surface area contributed by atoms with Gasteiger partial charge < -0.3 is 4.90 Å². The van der Waals surface area contributed by atoms with Gasteiger partial charge >= 0.3 is 0 Å². The lowest BCUT2D eigenvalue weighted by molar-refractivity contribution is 0.204. The van der Waals surface area contributed by atoms with Crippen molar-refractivity contribution < 1.29 is 8.42 Å². The molecule has 35 heavy (non-hydrogen) atoms. The zero-order valence-electron chi connectivity index (χ0n) is 20.5. The molecule has 0 unspecified atom stereocenters. The van der Waals surface area contributed by atoms with Crippen LogP contribution >= 0.6 is 12.4 Å². The van der Waals surface area contributed by atoms with Gasteiger partial charge in [-0.2, -0.15) is 0 Å². The van der Waals surface area contributed by atoms with Gasteiger partial charge in [-0.1, -0.05) is 91.0 Å². The number of sulfonamides is 1. The molecule has 4 rings (SSSR count). The molecule has 188 valence electrons. The Hall–Kier alpha value is -2.18. The first-order valence-electron chi connectivity index (χ1n) is 12.3. The largest absolute Gasteiger partial charge is 0.303 e. The van der Waals surface area contributed by atoms with Gasteiger partial charge in [-0.25, -0.2) is 13.1 Å². The molecule has 3 aromatic rings. The summed E-state index contributed by atoms with van der Waals surface area (Å²) < 4.78 is 27.0. The van der Waals surface area contributed by atoms with E-state index >= 15 is 0 Å². The Morgan fingerprint density at radius 2 is 1.31 bits per heavy atom. The number of hydrogen-bond donors (Lipinski definition) is 1. The van der Waals surface area contributed by atoms with Gasteiger partial charge in [0.05, 0.1) is 6.26 Å². The molecule has 0 bridgehead atoms. The minimum Gasteiger partial charge on any atom is -0.303 e. The number of rotatable bonds is 10. The fourth-order valence-electron chi connectivity index (χ4n) is 5.34. The molecule has 0 spiro atoms. The van der Waals surface area contributed by atoms with Gasteiger partial charge in [0.15, 0.2) is 0 Å². The summed E-state index contributed by atoms with van der Waals surface area (Å²) >= 11 is 0. The molecule has 0 saturated carbocycles. The Morgan fingerprint density at radius 1 is 0.829 bits per heavy atom. The molecule has 6 heteroatoms. The average molecular weight is 513 g/mol. The molecule has 1 N–H and O–H groups in total. The second-order valence-corrected chi connectivity index (χ2v) is 11.4. The molecule has 1 aliphatic rings. The number of likely N-dealkylation sites (tertiary alicyclic amines) is 1. The van der Waals surface area contributed by atoms with Crippen LogP contribution in [-0.4, -0.2) is 45.8 Å². The summed E-state index contributed by atoms with van der Waals surface area (Å²) in [6.07, 6.45) is 5.52. The molecule has 0 aliphatic carbocycles. The lowest BCUT2D eigenvalue weighted by Gasteiger charge is -2.37. The van der Waals surface area contributed by atoms with Crippen LogP contribution in [0.5, 0.6) is 0 Å². The van der Waals surface area contributed by atoms with Crippen molar-refractivity contribution >= 4 is 22.4 Å². The van der Waals surface area contributed by atoms with Gasteiger partial charge in [-0.05, 0) is 67.9 Å². The van der Waals surface area contributed by atoms with Crippen LogP contribution in [0.2, 0.25) is 0 Å². The third-order valence-corrected chi connectivity index (χ3v) is 7.89. The highest BCUT2D eigenvalue weighted by molar-refractivity contribution is 7.88. The van der Waals surface area contributed by atoms with Gasteiger partial charge in [0.25, 0.3) is 0 Å². The maximum atomic E-state index is 12.1. The fourth-order valence-corrected chi connectivity index (χ4v) is 5.84. The van der Waals surface area contributed by atoms with E-state index in [0.29, 0.717) is 12.5 Å². The molecule has 1 saturated heterocycles. The highest BCUT2D eigenvalue weighted by atomic mass is 35.5. The standard InChI is InChI=1S/C29H36N2O2S.ClH/c1-34(32,33)30-24-29(27-14-7-3-8-15-27,28-16-9-4-10-17-28)20-11-21-31-22-18-26(19-23-31)25-12-5-2-6-13-25;/h2-10,12-17,26,30H,11,18-24H2,1H3;1H. The smallest absolute Gasteiger partial charge is 0.208 e. The lowest BCUT2D eigenvalue weighted by Crippen LogP contribution is -2.42. The first-order valence-corrected chi connectivity index (χ1v) is 14.2. The van der Waals surface area contributed by atoms with Crippen molar-refractivity contribution in [1.82, 2.24) is 9.62 Å². The van der Waals surface area contributed by atoms with Gasteiger partial charge in [-0.15, -0.1) is 12.4 Å². The van der Waals surface area contributed by atoms with Crippen LogP contribution in [0.25, 0.3) is 0 Å². The van der Waals surface area contributed by atoms with E-state index in [4.69, 9.17) is 0 Å². The number of piperidine rings is 1. The van der Waals surface area contributed by atoms with E-state index in [0.717, 1.165) is 43.6 Å². The second kappa shape index (κ2) is 12.7. The Bertz CT molecular complexity index is 1080. The van der Waals surface area contributed by atoms with Crippen LogP contribution in [0.15, 0.2) is 91.0 Å². The fraction of sp³-hybridized carbons (Fsp3) is 0.379. The monoisotopic (exact) mass is 512 g/mol. The quantitative estimate of drug-likeness (QED) is 0.384. The summed E-state index contributed by atoms with van der Waals surface area (Å²) in [5.74, 6) is 0.657. The van der Waals surface area contributed by atoms with Gasteiger partial charge in [0.2, 0.25) is 10.0 Å². The summed E-state index contributed by atoms with van der Waals surface area (Å²) in [5.41, 5.74) is 3.36. The second-order valence-electron chi connectivity index (χ2n) is 9.54. The summed E-state index contributed by atoms with van der Waals surface area (Å²) in [6, 6.07) is 31.6. The van der Waals surface area contributed by atoms with Crippen molar-refractivity contribution in [3.8, 4) is 0 Å². The van der Waals surface area contributed by atoms with E-state index in [1.165, 1.54) is 24.7 Å². The Balaban J connectivity index is 0.00000342. The van der Waals surface area contributed by atoms with E-state index < -0.39 is 15.4 Å². The van der Waals surface area contributed by atoms with Gasteiger partial charge in [-0.3, -0.25) is 0 Å². The van der Waals surface area contributed by atoms with Crippen molar-refractivity contribution in [3.05, 3.63) is 108 Å². The Labute approximate surface area is 217 Å². The number of hydrogen-bond acceptors (Lipinski definition) is 3. The highest BCUT2D eigenvalue weighted by Crippen LogP contribution is 2.37. The summed E-state index contributed by atoms with van der Waals surface area (Å²) in [5, 5.41) is 0. The van der Waals surface area contributed by atoms with E-state index in [-0.39, 0.29) is 12.4 Å². The molecule has 0 atom stereocenters. The minimum atomic E-state index is -3.31. The molecular formula is C29H37ClN2O2S. The lowest BCUT2D eigenvalue weighted by atomic mass is 9.71. The number of nitrogens with zero attached hydrogens (tertiary/aromatic N) is 1. The van der Waals surface area contributed by atoms with Crippen LogP contribution in [-0.2, 0) is 15.4 Å². The molecule has 3 aromatic carbocycles. The number of halogens is 1. The normalized spacial score (nSPS) is 15.5. The predicted molar refractivity (Wildman–Crippen MR) is 148 cm³/mol. The van der Waals surface area contributed by atoms with Crippen molar-refractivity contribution in [2.24, 2.45) is 0 Å². The third kappa shape index (κ3) is 7.40. The topological polar surface area (TPSA) is 49.4 Å². The summed E-state index contributed by atoms with van der Waals surface area (Å²) in [6.45, 7) is 3.62. The van der Waals surface area contributed by atoms with Crippen molar-refractivity contribution in [3.63, 3.8) is 0 Å². The molecule has 1 heterocycles. The molecule has 0 radical (unpaired) electrons. The summed E-state index contributed by atoms with van der Waals surface area (Å²) in [7, 11) is -3.31. The first-order chi connectivity index (χ1) is 16.5. The minimum absolute atomic E-state index is 0. The first kappa shape index (κ1) is 27.4. The molecule has 0 aromatic heterocycles. The van der Waals surface area contributed by atoms with Crippen LogP contribution < -0.4 is 4.72 Å². The van der Waals surface area contributed by atoms with E-state index in [1.54, 1.807) is 0 Å². The van der Waals surface area contributed by atoms with Crippen molar-refractivity contribution in [2.75, 3.05) is 32.4 Å². The van der Waals surface area contributed by atoms with Crippen molar-refractivity contribution in [2.45, 2.75) is 37.0 Å². The molecule has 0 amide bonds. The summed E-state index contributed by atoms with van der Waals surface area (Å²) in [4.78, 5) is 2.57. The van der Waals surface area contributed by atoms with E-state index in [2.05, 4.69) is 64.2 Å². The zero-order valence-corrected chi connectivity index (χ0v) is 22.1. The third-order valence-electron chi connectivity index (χ3n) is 7.23. The molecule has 1 aliphatic heterocycles.